The van der Waals surface area contributed by atoms with Crippen molar-refractivity contribution in [3.8, 4) is 0 Å². The number of aryl methyl sites for hydroxylation is 2. The maximum absolute atomic E-state index is 9.24. The zero-order valence-corrected chi connectivity index (χ0v) is 11.2. The topological polar surface area (TPSA) is 43.0 Å². The van der Waals surface area contributed by atoms with Gasteiger partial charge in [-0.25, -0.2) is 0 Å². The molecule has 0 aliphatic heterocycles. The summed E-state index contributed by atoms with van der Waals surface area (Å²) in [7, 11) is 1.97. The average Bonchev–Trinajstić information content (AvgIpc) is 2.93. The van der Waals surface area contributed by atoms with Crippen LogP contribution in [0.2, 0.25) is 0 Å². The molecule has 1 N–H and O–H groups in total. The van der Waals surface area contributed by atoms with E-state index in [-0.39, 0.29) is 6.61 Å². The first-order valence-electron chi connectivity index (χ1n) is 6.35. The predicted molar refractivity (Wildman–Crippen MR) is 74.9 cm³/mol. The summed E-state index contributed by atoms with van der Waals surface area (Å²) < 4.78 is 4.10. The first-order chi connectivity index (χ1) is 9.17. The van der Waals surface area contributed by atoms with Gasteiger partial charge in [0.1, 0.15) is 0 Å². The van der Waals surface area contributed by atoms with Crippen molar-refractivity contribution in [2.45, 2.75) is 20.1 Å². The number of aliphatic hydroxyl groups excluding tert-OH is 1. The molecule has 3 aromatic rings. The lowest BCUT2D eigenvalue weighted by molar-refractivity contribution is 0.282. The fraction of sp³-hybridized carbons (Fsp3) is 0.267. The molecule has 0 bridgehead atoms. The number of aliphatic hydroxyl groups is 1. The molecule has 4 nitrogen and oxygen atoms in total. The summed E-state index contributed by atoms with van der Waals surface area (Å²) in [6.45, 7) is 2.86. The molecule has 3 rings (SSSR count). The molecule has 0 amide bonds. The number of fused-ring (bicyclic) bond motifs is 1. The molecule has 19 heavy (non-hydrogen) atoms. The summed E-state index contributed by atoms with van der Waals surface area (Å²) >= 11 is 0. The minimum atomic E-state index is 0.0753. The molecule has 4 heteroatoms. The Morgan fingerprint density at radius 3 is 2.74 bits per heavy atom. The SMILES string of the molecule is Cc1cc(Cn2ccc3ccc(CO)cc32)n(C)n1. The van der Waals surface area contributed by atoms with Crippen molar-refractivity contribution < 1.29 is 5.11 Å². The Bertz CT molecular complexity index is 724. The van der Waals surface area contributed by atoms with E-state index in [9.17, 15) is 5.11 Å². The van der Waals surface area contributed by atoms with Gasteiger partial charge in [0, 0.05) is 18.8 Å². The third-order valence-electron chi connectivity index (χ3n) is 3.45. The zero-order valence-electron chi connectivity index (χ0n) is 11.2. The van der Waals surface area contributed by atoms with Gasteiger partial charge in [-0.1, -0.05) is 12.1 Å². The van der Waals surface area contributed by atoms with E-state index in [0.717, 1.165) is 23.3 Å². The Hall–Kier alpha value is -2.07. The third-order valence-corrected chi connectivity index (χ3v) is 3.45. The Morgan fingerprint density at radius 1 is 1.21 bits per heavy atom. The highest BCUT2D eigenvalue weighted by Crippen LogP contribution is 2.19. The number of hydrogen-bond acceptors (Lipinski definition) is 2. The summed E-state index contributed by atoms with van der Waals surface area (Å²) in [6.07, 6.45) is 2.08. The average molecular weight is 255 g/mol. The van der Waals surface area contributed by atoms with Gasteiger partial charge in [0.25, 0.3) is 0 Å². The lowest BCUT2D eigenvalue weighted by Gasteiger charge is -2.06. The van der Waals surface area contributed by atoms with Crippen molar-refractivity contribution in [1.29, 1.82) is 0 Å². The minimum absolute atomic E-state index is 0.0753. The molecule has 0 atom stereocenters. The van der Waals surface area contributed by atoms with Crippen LogP contribution in [0.15, 0.2) is 36.5 Å². The molecule has 0 aliphatic rings. The van der Waals surface area contributed by atoms with E-state index in [1.807, 2.05) is 36.9 Å². The summed E-state index contributed by atoms with van der Waals surface area (Å²) in [5.74, 6) is 0. The van der Waals surface area contributed by atoms with Crippen LogP contribution in [0.25, 0.3) is 10.9 Å². The summed E-state index contributed by atoms with van der Waals surface area (Å²) in [4.78, 5) is 0. The highest BCUT2D eigenvalue weighted by molar-refractivity contribution is 5.80. The van der Waals surface area contributed by atoms with Crippen LogP contribution in [0.4, 0.5) is 0 Å². The van der Waals surface area contributed by atoms with E-state index in [1.54, 1.807) is 0 Å². The number of nitrogens with zero attached hydrogens (tertiary/aromatic N) is 3. The van der Waals surface area contributed by atoms with Gasteiger partial charge in [-0.2, -0.15) is 5.10 Å². The van der Waals surface area contributed by atoms with E-state index in [0.29, 0.717) is 0 Å². The zero-order chi connectivity index (χ0) is 13.4. The van der Waals surface area contributed by atoms with Gasteiger partial charge in [-0.05, 0) is 36.1 Å². The number of aromatic nitrogens is 3. The van der Waals surface area contributed by atoms with E-state index in [4.69, 9.17) is 0 Å². The predicted octanol–water partition coefficient (Wildman–Crippen LogP) is 2.22. The third kappa shape index (κ3) is 2.15. The molecule has 2 heterocycles. The Kier molecular flexibility index (Phi) is 2.87. The van der Waals surface area contributed by atoms with Crippen molar-refractivity contribution in [3.63, 3.8) is 0 Å². The van der Waals surface area contributed by atoms with Crippen LogP contribution in [-0.4, -0.2) is 19.5 Å². The van der Waals surface area contributed by atoms with E-state index in [2.05, 4.69) is 28.0 Å². The Morgan fingerprint density at radius 2 is 2.05 bits per heavy atom. The quantitative estimate of drug-likeness (QED) is 0.780. The highest BCUT2D eigenvalue weighted by Gasteiger charge is 2.06. The molecule has 1 aromatic carbocycles. The van der Waals surface area contributed by atoms with Crippen LogP contribution in [0, 0.1) is 6.92 Å². The van der Waals surface area contributed by atoms with Crippen LogP contribution in [0.1, 0.15) is 17.0 Å². The van der Waals surface area contributed by atoms with Gasteiger partial charge in [0.2, 0.25) is 0 Å². The monoisotopic (exact) mass is 255 g/mol. The second-order valence-electron chi connectivity index (χ2n) is 4.90. The molecule has 0 fully saturated rings. The molecule has 0 radical (unpaired) electrons. The largest absolute Gasteiger partial charge is 0.392 e. The molecule has 0 saturated heterocycles. The number of hydrogen-bond donors (Lipinski definition) is 1. The lowest BCUT2D eigenvalue weighted by atomic mass is 10.2. The van der Waals surface area contributed by atoms with Gasteiger partial charge < -0.3 is 9.67 Å². The van der Waals surface area contributed by atoms with Gasteiger partial charge in [0.15, 0.2) is 0 Å². The molecule has 0 saturated carbocycles. The van der Waals surface area contributed by atoms with Gasteiger partial charge in [0.05, 0.1) is 24.5 Å². The van der Waals surface area contributed by atoms with Gasteiger partial charge in [-0.3, -0.25) is 4.68 Å². The normalized spacial score (nSPS) is 11.3. The van der Waals surface area contributed by atoms with Crippen LogP contribution >= 0.6 is 0 Å². The molecule has 98 valence electrons. The Balaban J connectivity index is 2.03. The minimum Gasteiger partial charge on any atom is -0.392 e. The van der Waals surface area contributed by atoms with Gasteiger partial charge in [-0.15, -0.1) is 0 Å². The lowest BCUT2D eigenvalue weighted by Crippen LogP contribution is -2.04. The maximum Gasteiger partial charge on any atom is 0.0682 e. The highest BCUT2D eigenvalue weighted by atomic mass is 16.3. The van der Waals surface area contributed by atoms with Crippen LogP contribution in [0.3, 0.4) is 0 Å². The van der Waals surface area contributed by atoms with Crippen LogP contribution in [0.5, 0.6) is 0 Å². The molecule has 0 unspecified atom stereocenters. The Labute approximate surface area is 111 Å². The molecule has 0 aliphatic carbocycles. The smallest absolute Gasteiger partial charge is 0.0682 e. The maximum atomic E-state index is 9.24. The first-order valence-corrected chi connectivity index (χ1v) is 6.35. The van der Waals surface area contributed by atoms with E-state index in [1.165, 1.54) is 11.1 Å². The van der Waals surface area contributed by atoms with Crippen molar-refractivity contribution in [2.75, 3.05) is 0 Å². The standard InChI is InChI=1S/C15H17N3O/c1-11-7-14(17(2)16-11)9-18-6-5-13-4-3-12(10-19)8-15(13)18/h3-8,19H,9-10H2,1-2H3. The number of benzene rings is 1. The summed E-state index contributed by atoms with van der Waals surface area (Å²) in [6, 6.07) is 10.2. The van der Waals surface area contributed by atoms with Crippen molar-refractivity contribution in [2.24, 2.45) is 7.05 Å². The van der Waals surface area contributed by atoms with Crippen LogP contribution in [-0.2, 0) is 20.2 Å². The molecule has 2 aromatic heterocycles. The van der Waals surface area contributed by atoms with Gasteiger partial charge >= 0.3 is 0 Å². The van der Waals surface area contributed by atoms with Crippen molar-refractivity contribution in [3.05, 3.63) is 53.5 Å². The van der Waals surface area contributed by atoms with Crippen molar-refractivity contribution in [1.82, 2.24) is 14.3 Å². The van der Waals surface area contributed by atoms with Crippen LogP contribution < -0.4 is 0 Å². The second-order valence-corrected chi connectivity index (χ2v) is 4.90. The molecular formula is C15H17N3O. The first kappa shape index (κ1) is 12.0. The fourth-order valence-corrected chi connectivity index (χ4v) is 2.45. The second kappa shape index (κ2) is 4.55. The number of rotatable bonds is 3. The summed E-state index contributed by atoms with van der Waals surface area (Å²) in [5, 5.41) is 14.8. The fourth-order valence-electron chi connectivity index (χ4n) is 2.45. The molecular weight excluding hydrogens is 238 g/mol. The summed E-state index contributed by atoms with van der Waals surface area (Å²) in [5.41, 5.74) is 4.29. The van der Waals surface area contributed by atoms with E-state index >= 15 is 0 Å². The van der Waals surface area contributed by atoms with Crippen molar-refractivity contribution >= 4 is 10.9 Å². The van der Waals surface area contributed by atoms with E-state index < -0.39 is 0 Å². The molecule has 0 spiro atoms.